The Morgan fingerprint density at radius 2 is 2.15 bits per heavy atom. The molecule has 2 aliphatic rings. The van der Waals surface area contributed by atoms with Crippen LogP contribution in [0.4, 0.5) is 0 Å². The molecule has 27 heavy (non-hydrogen) atoms. The Balaban J connectivity index is 1.26. The molecule has 3 heterocycles. The van der Waals surface area contributed by atoms with Gasteiger partial charge in [0.05, 0.1) is 19.3 Å². The number of oxazole rings is 1. The van der Waals surface area contributed by atoms with E-state index >= 15 is 0 Å². The summed E-state index contributed by atoms with van der Waals surface area (Å²) in [7, 11) is 0. The minimum absolute atomic E-state index is 0.00693. The first-order valence-corrected chi connectivity index (χ1v) is 9.76. The number of rotatable bonds is 7. The second-order valence-electron chi connectivity index (χ2n) is 7.18. The molecule has 1 aromatic heterocycles. The quantitative estimate of drug-likeness (QED) is 0.749. The first-order chi connectivity index (χ1) is 13.3. The van der Waals surface area contributed by atoms with Crippen LogP contribution >= 0.6 is 0 Å². The number of carbonyl (C=O) groups is 1. The first-order valence-electron chi connectivity index (χ1n) is 9.76. The molecule has 1 amide bonds. The average molecular weight is 370 g/mol. The van der Waals surface area contributed by atoms with E-state index in [-0.39, 0.29) is 18.6 Å². The van der Waals surface area contributed by atoms with E-state index in [0.717, 1.165) is 49.6 Å². The third-order valence-corrected chi connectivity index (χ3v) is 5.15. The molecular weight excluding hydrogens is 344 g/mol. The molecule has 4 rings (SSSR count). The van der Waals surface area contributed by atoms with Gasteiger partial charge in [-0.25, -0.2) is 4.98 Å². The van der Waals surface area contributed by atoms with E-state index in [2.05, 4.69) is 17.1 Å². The van der Waals surface area contributed by atoms with Crippen LogP contribution in [0.1, 0.15) is 35.7 Å². The van der Waals surface area contributed by atoms with Crippen molar-refractivity contribution in [3.63, 3.8) is 0 Å². The topological polar surface area (TPSA) is 64.8 Å². The molecule has 1 unspecified atom stereocenters. The summed E-state index contributed by atoms with van der Waals surface area (Å²) in [6.07, 6.45) is 4.63. The Hall–Kier alpha value is -2.18. The molecule has 6 heteroatoms. The summed E-state index contributed by atoms with van der Waals surface area (Å²) in [6.45, 7) is 2.57. The van der Waals surface area contributed by atoms with Gasteiger partial charge in [0.15, 0.2) is 5.89 Å². The summed E-state index contributed by atoms with van der Waals surface area (Å²) in [5, 5.41) is 0. The van der Waals surface area contributed by atoms with Crippen molar-refractivity contribution in [2.75, 3.05) is 26.4 Å². The normalized spacial score (nSPS) is 19.3. The van der Waals surface area contributed by atoms with Gasteiger partial charge < -0.3 is 18.8 Å². The summed E-state index contributed by atoms with van der Waals surface area (Å²) in [5.74, 6) is 1.68. The van der Waals surface area contributed by atoms with Crippen molar-refractivity contribution in [2.45, 2.75) is 44.8 Å². The molecular formula is C21H26N2O4. The smallest absolute Gasteiger partial charge is 0.248 e. The van der Waals surface area contributed by atoms with Gasteiger partial charge in [0.25, 0.3) is 0 Å². The van der Waals surface area contributed by atoms with E-state index in [1.165, 1.54) is 5.56 Å². The summed E-state index contributed by atoms with van der Waals surface area (Å²) in [5.41, 5.74) is 2.16. The van der Waals surface area contributed by atoms with Crippen molar-refractivity contribution in [3.8, 4) is 0 Å². The molecule has 144 valence electrons. The van der Waals surface area contributed by atoms with Crippen LogP contribution < -0.4 is 0 Å². The molecule has 0 radical (unpaired) electrons. The van der Waals surface area contributed by atoms with Gasteiger partial charge in [-0.1, -0.05) is 30.3 Å². The Bertz CT molecular complexity index is 753. The third-order valence-electron chi connectivity index (χ3n) is 5.15. The lowest BCUT2D eigenvalue weighted by Gasteiger charge is -2.25. The number of fused-ring (bicyclic) bond motifs is 1. The van der Waals surface area contributed by atoms with Crippen LogP contribution in [0.15, 0.2) is 34.7 Å². The highest BCUT2D eigenvalue weighted by molar-refractivity contribution is 5.77. The second kappa shape index (κ2) is 8.67. The zero-order valence-corrected chi connectivity index (χ0v) is 15.6. The number of carbonyl (C=O) groups excluding carboxylic acids is 1. The molecule has 2 aliphatic heterocycles. The SMILES string of the molecule is O=C(COCC1CCCO1)N1CCc2oc(CCc3ccccc3)nc2C1. The molecule has 0 bridgehead atoms. The van der Waals surface area contributed by atoms with Gasteiger partial charge in [-0.2, -0.15) is 0 Å². The van der Waals surface area contributed by atoms with Gasteiger partial charge in [0, 0.05) is 26.0 Å². The van der Waals surface area contributed by atoms with Gasteiger partial charge in [-0.3, -0.25) is 4.79 Å². The highest BCUT2D eigenvalue weighted by Crippen LogP contribution is 2.21. The highest BCUT2D eigenvalue weighted by atomic mass is 16.5. The lowest BCUT2D eigenvalue weighted by molar-refractivity contribution is -0.138. The maximum absolute atomic E-state index is 12.4. The molecule has 0 spiro atoms. The van der Waals surface area contributed by atoms with E-state index in [1.807, 2.05) is 18.2 Å². The van der Waals surface area contributed by atoms with Crippen LogP contribution in [-0.4, -0.2) is 48.3 Å². The monoisotopic (exact) mass is 370 g/mol. The molecule has 1 fully saturated rings. The lowest BCUT2D eigenvalue weighted by Crippen LogP contribution is -2.38. The Morgan fingerprint density at radius 1 is 1.26 bits per heavy atom. The number of aryl methyl sites for hydroxylation is 2. The number of aromatic nitrogens is 1. The van der Waals surface area contributed by atoms with Crippen LogP contribution in [0.3, 0.4) is 0 Å². The molecule has 2 aromatic rings. The van der Waals surface area contributed by atoms with Crippen molar-refractivity contribution in [3.05, 3.63) is 53.2 Å². The summed E-state index contributed by atoms with van der Waals surface area (Å²) < 4.78 is 17.0. The summed E-state index contributed by atoms with van der Waals surface area (Å²) in [4.78, 5) is 18.8. The van der Waals surface area contributed by atoms with Crippen molar-refractivity contribution in [1.82, 2.24) is 9.88 Å². The minimum Gasteiger partial charge on any atom is -0.445 e. The fourth-order valence-electron chi connectivity index (χ4n) is 3.61. The number of ether oxygens (including phenoxy) is 2. The number of amides is 1. The zero-order valence-electron chi connectivity index (χ0n) is 15.6. The van der Waals surface area contributed by atoms with Gasteiger partial charge in [-0.15, -0.1) is 0 Å². The Morgan fingerprint density at radius 3 is 2.96 bits per heavy atom. The maximum atomic E-state index is 12.4. The van der Waals surface area contributed by atoms with Crippen LogP contribution in [0.5, 0.6) is 0 Å². The highest BCUT2D eigenvalue weighted by Gasteiger charge is 2.26. The third kappa shape index (κ3) is 4.76. The molecule has 6 nitrogen and oxygen atoms in total. The van der Waals surface area contributed by atoms with Gasteiger partial charge >= 0.3 is 0 Å². The largest absolute Gasteiger partial charge is 0.445 e. The van der Waals surface area contributed by atoms with Crippen LogP contribution in [0.25, 0.3) is 0 Å². The predicted molar refractivity (Wildman–Crippen MR) is 99.3 cm³/mol. The van der Waals surface area contributed by atoms with E-state index in [9.17, 15) is 4.79 Å². The molecule has 1 atom stereocenters. The van der Waals surface area contributed by atoms with E-state index in [0.29, 0.717) is 26.1 Å². The molecule has 0 aliphatic carbocycles. The summed E-state index contributed by atoms with van der Waals surface area (Å²) in [6, 6.07) is 10.3. The van der Waals surface area contributed by atoms with Crippen molar-refractivity contribution < 1.29 is 18.7 Å². The fraction of sp³-hybridized carbons (Fsp3) is 0.524. The molecule has 1 saturated heterocycles. The number of hydrogen-bond acceptors (Lipinski definition) is 5. The van der Waals surface area contributed by atoms with Crippen LogP contribution in [0.2, 0.25) is 0 Å². The maximum Gasteiger partial charge on any atom is 0.248 e. The van der Waals surface area contributed by atoms with Crippen molar-refractivity contribution >= 4 is 5.91 Å². The fourth-order valence-corrected chi connectivity index (χ4v) is 3.61. The standard InChI is InChI=1S/C21H26N2O4/c24-21(15-25-14-17-7-4-12-26-17)23-11-10-19-18(13-23)22-20(27-19)9-8-16-5-2-1-3-6-16/h1-3,5-6,17H,4,7-15H2. The molecule has 0 saturated carbocycles. The zero-order chi connectivity index (χ0) is 18.5. The van der Waals surface area contributed by atoms with E-state index < -0.39 is 0 Å². The number of hydrogen-bond donors (Lipinski definition) is 0. The minimum atomic E-state index is 0.00693. The predicted octanol–water partition coefficient (Wildman–Crippen LogP) is 2.54. The van der Waals surface area contributed by atoms with Gasteiger partial charge in [-0.05, 0) is 24.8 Å². The van der Waals surface area contributed by atoms with E-state index in [1.54, 1.807) is 4.90 Å². The van der Waals surface area contributed by atoms with Crippen LogP contribution in [0, 0.1) is 0 Å². The first kappa shape index (κ1) is 18.2. The average Bonchev–Trinajstić information content (AvgIpc) is 3.36. The molecule has 0 N–H and O–H groups in total. The second-order valence-corrected chi connectivity index (χ2v) is 7.18. The summed E-state index contributed by atoms with van der Waals surface area (Å²) >= 11 is 0. The number of benzene rings is 1. The lowest BCUT2D eigenvalue weighted by atomic mass is 10.1. The van der Waals surface area contributed by atoms with Crippen LogP contribution in [-0.2, 0) is 40.1 Å². The molecule has 1 aromatic carbocycles. The van der Waals surface area contributed by atoms with E-state index in [4.69, 9.17) is 13.9 Å². The van der Waals surface area contributed by atoms with Crippen molar-refractivity contribution in [2.24, 2.45) is 0 Å². The van der Waals surface area contributed by atoms with Gasteiger partial charge in [0.1, 0.15) is 18.1 Å². The van der Waals surface area contributed by atoms with Crippen molar-refractivity contribution in [1.29, 1.82) is 0 Å². The number of nitrogens with zero attached hydrogens (tertiary/aromatic N) is 2. The van der Waals surface area contributed by atoms with Gasteiger partial charge in [0.2, 0.25) is 5.91 Å². The Labute approximate surface area is 159 Å². The Kier molecular flexibility index (Phi) is 5.84.